The molecule has 0 bridgehead atoms. The molecule has 8 heteroatoms. The Balaban J connectivity index is 2.27. The van der Waals surface area contributed by atoms with Gasteiger partial charge in [-0.3, -0.25) is 9.36 Å². The molecule has 2 heterocycles. The van der Waals surface area contributed by atoms with Crippen molar-refractivity contribution in [2.45, 2.75) is 25.9 Å². The zero-order valence-electron chi connectivity index (χ0n) is 13.4. The van der Waals surface area contributed by atoms with E-state index in [1.807, 2.05) is 13.8 Å². The Hall–Kier alpha value is -2.90. The first-order valence-electron chi connectivity index (χ1n) is 7.48. The number of hydrogen-bond acceptors (Lipinski definition) is 4. The van der Waals surface area contributed by atoms with Gasteiger partial charge >= 0.3 is 6.18 Å². The lowest BCUT2D eigenvalue weighted by Gasteiger charge is -2.16. The summed E-state index contributed by atoms with van der Waals surface area (Å²) in [6.45, 7) is 3.62. The van der Waals surface area contributed by atoms with Crippen LogP contribution in [0.25, 0.3) is 16.6 Å². The van der Waals surface area contributed by atoms with Crippen molar-refractivity contribution in [3.8, 4) is 11.4 Å². The lowest BCUT2D eigenvalue weighted by molar-refractivity contribution is -0.141. The van der Waals surface area contributed by atoms with Crippen molar-refractivity contribution in [2.75, 3.05) is 0 Å². The van der Waals surface area contributed by atoms with Crippen LogP contribution in [0, 0.1) is 0 Å². The van der Waals surface area contributed by atoms with E-state index in [-0.39, 0.29) is 22.7 Å². The molecule has 0 amide bonds. The van der Waals surface area contributed by atoms with Crippen molar-refractivity contribution in [3.05, 3.63) is 58.4 Å². The van der Waals surface area contributed by atoms with Crippen molar-refractivity contribution < 1.29 is 18.3 Å². The van der Waals surface area contributed by atoms with Crippen LogP contribution in [0.1, 0.15) is 31.3 Å². The molecule has 0 spiro atoms. The molecule has 0 radical (unpaired) electrons. The SMILES string of the molecule is CC(C)c1nc2cc(O)ccc2c(=O)n1-c1ccc(C(F)(F)F)nc1. The molecule has 130 valence electrons. The number of aromatic hydroxyl groups is 1. The second kappa shape index (κ2) is 5.87. The predicted octanol–water partition coefficient (Wildman–Crippen LogP) is 3.63. The van der Waals surface area contributed by atoms with Crippen LogP contribution in [0.4, 0.5) is 13.2 Å². The first-order valence-corrected chi connectivity index (χ1v) is 7.48. The first kappa shape index (κ1) is 16.9. The van der Waals surface area contributed by atoms with E-state index < -0.39 is 17.4 Å². The maximum atomic E-state index is 12.8. The van der Waals surface area contributed by atoms with Crippen LogP contribution in [0.15, 0.2) is 41.3 Å². The molecular formula is C17H14F3N3O2. The molecule has 0 aliphatic heterocycles. The lowest BCUT2D eigenvalue weighted by atomic mass is 10.1. The quantitative estimate of drug-likeness (QED) is 0.767. The number of phenolic OH excluding ortho intramolecular Hbond substituents is 1. The van der Waals surface area contributed by atoms with Gasteiger partial charge in [-0.05, 0) is 24.3 Å². The standard InChI is InChI=1S/C17H14F3N3O2/c1-9(2)15-22-13-7-11(24)4-5-12(13)16(25)23(15)10-3-6-14(21-8-10)17(18,19)20/h3-9,24H,1-2H3. The molecule has 0 saturated heterocycles. The van der Waals surface area contributed by atoms with E-state index in [0.717, 1.165) is 12.3 Å². The fourth-order valence-corrected chi connectivity index (χ4v) is 2.51. The molecule has 0 aliphatic carbocycles. The average Bonchev–Trinajstić information content (AvgIpc) is 2.53. The number of rotatable bonds is 2. The monoisotopic (exact) mass is 349 g/mol. The van der Waals surface area contributed by atoms with Crippen molar-refractivity contribution >= 4 is 10.9 Å². The van der Waals surface area contributed by atoms with Crippen LogP contribution in [0.3, 0.4) is 0 Å². The third-order valence-electron chi connectivity index (χ3n) is 3.69. The second-order valence-corrected chi connectivity index (χ2v) is 5.87. The number of phenols is 1. The zero-order chi connectivity index (χ0) is 18.4. The highest BCUT2D eigenvalue weighted by Crippen LogP contribution is 2.28. The van der Waals surface area contributed by atoms with Gasteiger partial charge in [0, 0.05) is 12.0 Å². The number of alkyl halides is 3. The number of aromatic nitrogens is 3. The molecule has 0 saturated carbocycles. The molecule has 0 fully saturated rings. The normalized spacial score (nSPS) is 12.1. The molecule has 1 N–H and O–H groups in total. The maximum Gasteiger partial charge on any atom is 0.433 e. The number of benzene rings is 1. The number of fused-ring (bicyclic) bond motifs is 1. The highest BCUT2D eigenvalue weighted by molar-refractivity contribution is 5.79. The summed E-state index contributed by atoms with van der Waals surface area (Å²) in [5.41, 5.74) is -0.946. The number of hydrogen-bond donors (Lipinski definition) is 1. The summed E-state index contributed by atoms with van der Waals surface area (Å²) < 4.78 is 39.3. The molecule has 25 heavy (non-hydrogen) atoms. The molecule has 2 aromatic heterocycles. The second-order valence-electron chi connectivity index (χ2n) is 5.87. The topological polar surface area (TPSA) is 68.0 Å². The fourth-order valence-electron chi connectivity index (χ4n) is 2.51. The highest BCUT2D eigenvalue weighted by atomic mass is 19.4. The van der Waals surface area contributed by atoms with Crippen LogP contribution in [-0.4, -0.2) is 19.6 Å². The van der Waals surface area contributed by atoms with E-state index in [0.29, 0.717) is 11.3 Å². The van der Waals surface area contributed by atoms with Gasteiger partial charge in [-0.15, -0.1) is 0 Å². The lowest BCUT2D eigenvalue weighted by Crippen LogP contribution is -2.25. The summed E-state index contributed by atoms with van der Waals surface area (Å²) in [5, 5.41) is 9.83. The van der Waals surface area contributed by atoms with Crippen molar-refractivity contribution in [2.24, 2.45) is 0 Å². The summed E-state index contributed by atoms with van der Waals surface area (Å²) in [5.74, 6) is 0.162. The van der Waals surface area contributed by atoms with Crippen LogP contribution in [-0.2, 0) is 6.18 Å². The minimum absolute atomic E-state index is 0.0250. The van der Waals surface area contributed by atoms with Crippen molar-refractivity contribution in [1.29, 1.82) is 0 Å². The van der Waals surface area contributed by atoms with Crippen molar-refractivity contribution in [3.63, 3.8) is 0 Å². The fraction of sp³-hybridized carbons (Fsp3) is 0.235. The highest BCUT2D eigenvalue weighted by Gasteiger charge is 2.32. The summed E-state index contributed by atoms with van der Waals surface area (Å²) >= 11 is 0. The van der Waals surface area contributed by atoms with Gasteiger partial charge in [0.2, 0.25) is 0 Å². The summed E-state index contributed by atoms with van der Waals surface area (Å²) in [6.07, 6.45) is -3.55. The molecule has 5 nitrogen and oxygen atoms in total. The van der Waals surface area contributed by atoms with E-state index >= 15 is 0 Å². The molecule has 0 atom stereocenters. The largest absolute Gasteiger partial charge is 0.508 e. The Bertz CT molecular complexity index is 993. The number of halogens is 3. The average molecular weight is 349 g/mol. The van der Waals surface area contributed by atoms with Gasteiger partial charge in [-0.25, -0.2) is 9.97 Å². The number of pyridine rings is 1. The Kier molecular flexibility index (Phi) is 3.98. The minimum atomic E-state index is -4.55. The molecule has 1 aromatic carbocycles. The smallest absolute Gasteiger partial charge is 0.433 e. The van der Waals surface area contributed by atoms with Crippen LogP contribution in [0.2, 0.25) is 0 Å². The molecule has 0 unspecified atom stereocenters. The molecular weight excluding hydrogens is 335 g/mol. The van der Waals surface area contributed by atoms with E-state index in [9.17, 15) is 23.1 Å². The van der Waals surface area contributed by atoms with Gasteiger partial charge in [0.15, 0.2) is 0 Å². The van der Waals surface area contributed by atoms with Crippen LogP contribution in [0.5, 0.6) is 5.75 Å². The van der Waals surface area contributed by atoms with Gasteiger partial charge in [0.05, 0.1) is 22.8 Å². The Morgan fingerprint density at radius 3 is 2.44 bits per heavy atom. The van der Waals surface area contributed by atoms with Gasteiger partial charge < -0.3 is 5.11 Å². The summed E-state index contributed by atoms with van der Waals surface area (Å²) in [6, 6.07) is 6.18. The maximum absolute atomic E-state index is 12.8. The molecule has 3 aromatic rings. The first-order chi connectivity index (χ1) is 11.7. The van der Waals surface area contributed by atoms with E-state index in [1.54, 1.807) is 0 Å². The third kappa shape index (κ3) is 3.07. The molecule has 0 aliphatic rings. The predicted molar refractivity (Wildman–Crippen MR) is 85.9 cm³/mol. The Morgan fingerprint density at radius 1 is 1.16 bits per heavy atom. The van der Waals surface area contributed by atoms with Crippen molar-refractivity contribution in [1.82, 2.24) is 14.5 Å². The van der Waals surface area contributed by atoms with E-state index in [4.69, 9.17) is 0 Å². The Morgan fingerprint density at radius 2 is 1.88 bits per heavy atom. The van der Waals surface area contributed by atoms with Crippen LogP contribution >= 0.6 is 0 Å². The van der Waals surface area contributed by atoms with Gasteiger partial charge in [-0.1, -0.05) is 13.8 Å². The molecule has 3 rings (SSSR count). The summed E-state index contributed by atoms with van der Waals surface area (Å²) in [7, 11) is 0. The van der Waals surface area contributed by atoms with Gasteiger partial charge in [-0.2, -0.15) is 13.2 Å². The van der Waals surface area contributed by atoms with Gasteiger partial charge in [0.25, 0.3) is 5.56 Å². The zero-order valence-corrected chi connectivity index (χ0v) is 13.4. The van der Waals surface area contributed by atoms with Gasteiger partial charge in [0.1, 0.15) is 17.3 Å². The van der Waals surface area contributed by atoms with E-state index in [2.05, 4.69) is 9.97 Å². The third-order valence-corrected chi connectivity index (χ3v) is 3.69. The summed E-state index contributed by atoms with van der Waals surface area (Å²) in [4.78, 5) is 20.6. The van der Waals surface area contributed by atoms with Crippen LogP contribution < -0.4 is 5.56 Å². The van der Waals surface area contributed by atoms with E-state index in [1.165, 1.54) is 28.8 Å². The Labute approximate surface area is 140 Å². The minimum Gasteiger partial charge on any atom is -0.508 e. The number of nitrogens with zero attached hydrogens (tertiary/aromatic N) is 3.